The summed E-state index contributed by atoms with van der Waals surface area (Å²) in [5, 5.41) is 5.98. The lowest BCUT2D eigenvalue weighted by atomic mass is 9.84. The van der Waals surface area contributed by atoms with E-state index < -0.39 is 24.5 Å². The molecule has 7 heteroatoms. The standard InChI is InChI=1S/C44H66N2O3SSi/c1-11-12-13-14-18-25-34(40(47)46-39(41(48)45-8)42(2,3)4)32-38(49-51(9,10)43(5,6)7)33-50-44(35-26-19-15-20-27-35,36-28-21-16-22-29-36)37-30-23-17-24-31-37/h15-17,19-24,26-31,34,38-39H,11-14,18,25,32-33H2,1-10H3,(H,45,48)(H,46,47)/t34-,38-,39-/m1/s1. The first-order valence-electron chi connectivity index (χ1n) is 19.1. The molecular weight excluding hydrogens is 665 g/mol. The van der Waals surface area contributed by atoms with Gasteiger partial charge in [-0.1, -0.05) is 172 Å². The molecule has 2 N–H and O–H groups in total. The molecule has 0 radical (unpaired) electrons. The minimum absolute atomic E-state index is 0.000250. The molecule has 2 amide bonds. The number of rotatable bonds is 19. The Bertz CT molecular complexity index is 1370. The molecule has 0 unspecified atom stereocenters. The third-order valence-electron chi connectivity index (χ3n) is 10.5. The molecule has 280 valence electrons. The van der Waals surface area contributed by atoms with E-state index in [2.05, 4.69) is 142 Å². The zero-order valence-electron chi connectivity index (χ0n) is 33.2. The number of hydrogen-bond donors (Lipinski definition) is 2. The summed E-state index contributed by atoms with van der Waals surface area (Å²) in [5.74, 6) is 0.197. The van der Waals surface area contributed by atoms with Crippen molar-refractivity contribution in [1.82, 2.24) is 10.6 Å². The van der Waals surface area contributed by atoms with E-state index >= 15 is 0 Å². The summed E-state index contributed by atoms with van der Waals surface area (Å²) in [7, 11) is -0.611. The summed E-state index contributed by atoms with van der Waals surface area (Å²) in [5.41, 5.74) is 3.20. The molecule has 3 rings (SSSR count). The molecule has 3 aromatic carbocycles. The van der Waals surface area contributed by atoms with Gasteiger partial charge in [-0.25, -0.2) is 0 Å². The van der Waals surface area contributed by atoms with Crippen LogP contribution in [0.3, 0.4) is 0 Å². The van der Waals surface area contributed by atoms with E-state index in [1.54, 1.807) is 7.05 Å². The number of likely N-dealkylation sites (N-methyl/N-ethyl adjacent to an activating group) is 1. The maximum absolute atomic E-state index is 14.4. The number of unbranched alkanes of at least 4 members (excludes halogenated alkanes) is 4. The van der Waals surface area contributed by atoms with Gasteiger partial charge in [0.05, 0.1) is 10.9 Å². The first-order chi connectivity index (χ1) is 24.1. The minimum Gasteiger partial charge on any atom is -0.413 e. The molecule has 0 aliphatic rings. The first-order valence-corrected chi connectivity index (χ1v) is 23.0. The molecule has 0 aromatic heterocycles. The number of carbonyl (C=O) groups is 2. The lowest BCUT2D eigenvalue weighted by Gasteiger charge is -2.42. The van der Waals surface area contributed by atoms with Gasteiger partial charge >= 0.3 is 0 Å². The van der Waals surface area contributed by atoms with Crippen LogP contribution in [-0.4, -0.2) is 45.1 Å². The first kappa shape index (κ1) is 42.5. The normalized spacial score (nSPS) is 14.4. The Hall–Kier alpha value is -2.87. The Morgan fingerprint density at radius 1 is 0.725 bits per heavy atom. The Morgan fingerprint density at radius 3 is 1.61 bits per heavy atom. The van der Waals surface area contributed by atoms with Gasteiger partial charge in [-0.15, -0.1) is 11.8 Å². The zero-order valence-corrected chi connectivity index (χ0v) is 35.0. The van der Waals surface area contributed by atoms with Gasteiger partial charge in [0.15, 0.2) is 8.32 Å². The molecule has 0 aliphatic carbocycles. The van der Waals surface area contributed by atoms with Crippen LogP contribution in [-0.2, 0) is 18.8 Å². The van der Waals surface area contributed by atoms with Crippen molar-refractivity contribution >= 4 is 31.9 Å². The second-order valence-corrected chi connectivity index (χ2v) is 22.6. The van der Waals surface area contributed by atoms with Crippen molar-refractivity contribution in [3.05, 3.63) is 108 Å². The fourth-order valence-electron chi connectivity index (χ4n) is 6.48. The highest BCUT2D eigenvalue weighted by atomic mass is 32.2. The van der Waals surface area contributed by atoms with E-state index in [1.165, 1.54) is 36.0 Å². The van der Waals surface area contributed by atoms with Crippen LogP contribution in [0.25, 0.3) is 0 Å². The summed E-state index contributed by atoms with van der Waals surface area (Å²) < 4.78 is 6.84. The Kier molecular flexibility index (Phi) is 16.1. The summed E-state index contributed by atoms with van der Waals surface area (Å²) in [4.78, 5) is 27.4. The molecule has 51 heavy (non-hydrogen) atoms. The highest BCUT2D eigenvalue weighted by Gasteiger charge is 2.43. The number of amides is 2. The van der Waals surface area contributed by atoms with Gasteiger partial charge in [0, 0.05) is 18.7 Å². The van der Waals surface area contributed by atoms with Crippen LogP contribution in [0.5, 0.6) is 0 Å². The van der Waals surface area contributed by atoms with Gasteiger partial charge in [0.25, 0.3) is 0 Å². The van der Waals surface area contributed by atoms with Crippen LogP contribution in [0, 0.1) is 11.3 Å². The second kappa shape index (κ2) is 19.3. The topological polar surface area (TPSA) is 67.4 Å². The molecule has 0 spiro atoms. The predicted octanol–water partition coefficient (Wildman–Crippen LogP) is 10.7. The maximum atomic E-state index is 14.4. The molecule has 0 saturated carbocycles. The third kappa shape index (κ3) is 11.8. The summed E-state index contributed by atoms with van der Waals surface area (Å²) >= 11 is 1.90. The molecular formula is C44H66N2O3SSi. The largest absolute Gasteiger partial charge is 0.413 e. The smallest absolute Gasteiger partial charge is 0.242 e. The molecule has 0 fully saturated rings. The van der Waals surface area contributed by atoms with Crippen molar-refractivity contribution in [3.63, 3.8) is 0 Å². The predicted molar refractivity (Wildman–Crippen MR) is 221 cm³/mol. The summed E-state index contributed by atoms with van der Waals surface area (Å²) in [6.45, 7) is 19.7. The van der Waals surface area contributed by atoms with Gasteiger partial charge in [-0.2, -0.15) is 0 Å². The number of carbonyl (C=O) groups excluding carboxylic acids is 2. The number of benzene rings is 3. The molecule has 0 aliphatic heterocycles. The molecule has 0 bridgehead atoms. The molecule has 3 atom stereocenters. The van der Waals surface area contributed by atoms with Crippen LogP contribution < -0.4 is 10.6 Å². The highest BCUT2D eigenvalue weighted by Crippen LogP contribution is 2.49. The quantitative estimate of drug-likeness (QED) is 0.0732. The molecule has 3 aromatic rings. The van der Waals surface area contributed by atoms with E-state index in [9.17, 15) is 9.59 Å². The van der Waals surface area contributed by atoms with Crippen LogP contribution >= 0.6 is 11.8 Å². The average molecular weight is 731 g/mol. The van der Waals surface area contributed by atoms with Crippen molar-refractivity contribution in [3.8, 4) is 0 Å². The Balaban J connectivity index is 2.10. The number of thioether (sulfide) groups is 1. The van der Waals surface area contributed by atoms with Crippen LogP contribution in [0.15, 0.2) is 91.0 Å². The van der Waals surface area contributed by atoms with Crippen LogP contribution in [0.2, 0.25) is 18.1 Å². The van der Waals surface area contributed by atoms with Gasteiger partial charge < -0.3 is 15.1 Å². The minimum atomic E-state index is -2.25. The van der Waals surface area contributed by atoms with Crippen LogP contribution in [0.4, 0.5) is 0 Å². The SMILES string of the molecule is CCCCCCC[C@H](C[C@H](CSC(c1ccccc1)(c1ccccc1)c1ccccc1)O[Si](C)(C)C(C)(C)C)C(=O)N[C@H](C(=O)NC)C(C)(C)C. The summed E-state index contributed by atoms with van der Waals surface area (Å²) in [6, 6.07) is 31.7. The Labute approximate surface area is 315 Å². The fraction of sp³-hybridized carbons (Fsp3) is 0.545. The van der Waals surface area contributed by atoms with E-state index in [4.69, 9.17) is 4.43 Å². The van der Waals surface area contributed by atoms with Crippen molar-refractivity contribution in [2.75, 3.05) is 12.8 Å². The summed E-state index contributed by atoms with van der Waals surface area (Å²) in [6.07, 6.45) is 6.80. The maximum Gasteiger partial charge on any atom is 0.242 e. The van der Waals surface area contributed by atoms with Crippen molar-refractivity contribution < 1.29 is 14.0 Å². The molecule has 5 nitrogen and oxygen atoms in total. The van der Waals surface area contributed by atoms with Crippen molar-refractivity contribution in [2.24, 2.45) is 11.3 Å². The van der Waals surface area contributed by atoms with E-state index in [0.717, 1.165) is 19.3 Å². The Morgan fingerprint density at radius 2 is 1.20 bits per heavy atom. The average Bonchev–Trinajstić information content (AvgIpc) is 3.10. The van der Waals surface area contributed by atoms with Gasteiger partial charge in [0.2, 0.25) is 11.8 Å². The number of hydrogen-bond acceptors (Lipinski definition) is 4. The van der Waals surface area contributed by atoms with Crippen molar-refractivity contribution in [1.29, 1.82) is 0 Å². The second-order valence-electron chi connectivity index (χ2n) is 16.6. The highest BCUT2D eigenvalue weighted by molar-refractivity contribution is 8.00. The lowest BCUT2D eigenvalue weighted by molar-refractivity contribution is -0.134. The molecule has 0 saturated heterocycles. The van der Waals surface area contributed by atoms with Gasteiger partial charge in [-0.05, 0) is 53.1 Å². The number of nitrogens with one attached hydrogen (secondary N) is 2. The third-order valence-corrected chi connectivity index (χ3v) is 16.7. The van der Waals surface area contributed by atoms with E-state index in [-0.39, 0.29) is 28.9 Å². The van der Waals surface area contributed by atoms with Gasteiger partial charge in [0.1, 0.15) is 6.04 Å². The van der Waals surface area contributed by atoms with E-state index in [1.807, 2.05) is 32.5 Å². The van der Waals surface area contributed by atoms with Gasteiger partial charge in [-0.3, -0.25) is 9.59 Å². The van der Waals surface area contributed by atoms with Crippen molar-refractivity contribution in [2.45, 2.75) is 128 Å². The van der Waals surface area contributed by atoms with E-state index in [0.29, 0.717) is 12.2 Å². The van der Waals surface area contributed by atoms with Crippen LogP contribution in [0.1, 0.15) is 110 Å². The fourth-order valence-corrected chi connectivity index (χ4v) is 9.51. The zero-order chi connectivity index (χ0) is 37.7. The molecule has 0 heterocycles. The monoisotopic (exact) mass is 730 g/mol. The lowest BCUT2D eigenvalue weighted by Crippen LogP contribution is -2.54.